The van der Waals surface area contributed by atoms with Gasteiger partial charge >= 0.3 is 0 Å². The van der Waals surface area contributed by atoms with Crippen molar-refractivity contribution in [1.82, 2.24) is 10.2 Å². The lowest BCUT2D eigenvalue weighted by atomic mass is 10.1. The Balaban J connectivity index is 2.07. The molecule has 104 valence electrons. The van der Waals surface area contributed by atoms with Gasteiger partial charge in [0.05, 0.1) is 30.8 Å². The minimum Gasteiger partial charge on any atom is -0.379 e. The first-order valence-corrected chi connectivity index (χ1v) is 8.15. The van der Waals surface area contributed by atoms with Crippen LogP contribution in [0.1, 0.15) is 13.3 Å². The minimum atomic E-state index is -3.05. The number of nitrogens with one attached hydrogen (secondary N) is 1. The fourth-order valence-electron chi connectivity index (χ4n) is 2.54. The molecule has 0 radical (unpaired) electrons. The van der Waals surface area contributed by atoms with E-state index >= 15 is 0 Å². The van der Waals surface area contributed by atoms with Crippen LogP contribution in [-0.4, -0.2) is 69.1 Å². The molecule has 0 aromatic carbocycles. The predicted molar refractivity (Wildman–Crippen MR) is 67.1 cm³/mol. The van der Waals surface area contributed by atoms with Gasteiger partial charge in [-0.3, -0.25) is 9.69 Å². The molecule has 2 aliphatic rings. The molecular formula is C11H20N2O4S. The van der Waals surface area contributed by atoms with Crippen LogP contribution in [0.5, 0.6) is 0 Å². The number of rotatable bonds is 3. The van der Waals surface area contributed by atoms with E-state index in [1.165, 1.54) is 0 Å². The van der Waals surface area contributed by atoms with Gasteiger partial charge < -0.3 is 10.1 Å². The van der Waals surface area contributed by atoms with E-state index in [1.807, 2.05) is 0 Å². The van der Waals surface area contributed by atoms with Gasteiger partial charge in [0.25, 0.3) is 0 Å². The van der Waals surface area contributed by atoms with Crippen LogP contribution >= 0.6 is 0 Å². The summed E-state index contributed by atoms with van der Waals surface area (Å²) >= 11 is 0. The van der Waals surface area contributed by atoms with Gasteiger partial charge in [0.15, 0.2) is 9.84 Å². The third-order valence-corrected chi connectivity index (χ3v) is 5.22. The number of hydrogen-bond donors (Lipinski definition) is 1. The molecule has 0 saturated carbocycles. The summed E-state index contributed by atoms with van der Waals surface area (Å²) in [4.78, 5) is 13.6. The number of morpholine rings is 1. The summed E-state index contributed by atoms with van der Waals surface area (Å²) in [5, 5.41) is 2.83. The Morgan fingerprint density at radius 3 is 2.61 bits per heavy atom. The van der Waals surface area contributed by atoms with Crippen LogP contribution < -0.4 is 5.32 Å². The molecule has 2 saturated heterocycles. The maximum Gasteiger partial charge on any atom is 0.220 e. The molecule has 0 aromatic rings. The first-order valence-electron chi connectivity index (χ1n) is 6.33. The van der Waals surface area contributed by atoms with Gasteiger partial charge in [-0.05, 0) is 0 Å². The van der Waals surface area contributed by atoms with E-state index in [0.717, 1.165) is 13.1 Å². The molecule has 2 fully saturated rings. The lowest BCUT2D eigenvalue weighted by Gasteiger charge is -2.34. The van der Waals surface area contributed by atoms with E-state index in [-0.39, 0.29) is 29.5 Å². The van der Waals surface area contributed by atoms with Crippen LogP contribution in [0.4, 0.5) is 0 Å². The summed E-state index contributed by atoms with van der Waals surface area (Å²) in [5.41, 5.74) is 0. The summed E-state index contributed by atoms with van der Waals surface area (Å²) in [5.74, 6) is 0.109. The number of nitrogens with zero attached hydrogens (tertiary/aromatic N) is 1. The average molecular weight is 276 g/mol. The highest BCUT2D eigenvalue weighted by Crippen LogP contribution is 2.19. The van der Waals surface area contributed by atoms with E-state index in [0.29, 0.717) is 19.6 Å². The molecule has 2 heterocycles. The van der Waals surface area contributed by atoms with Crippen molar-refractivity contribution in [2.75, 3.05) is 37.8 Å². The second-order valence-electron chi connectivity index (χ2n) is 4.82. The monoisotopic (exact) mass is 276 g/mol. The van der Waals surface area contributed by atoms with Crippen molar-refractivity contribution in [3.05, 3.63) is 0 Å². The largest absolute Gasteiger partial charge is 0.379 e. The maximum absolute atomic E-state index is 11.8. The van der Waals surface area contributed by atoms with Crippen LogP contribution in [0.2, 0.25) is 0 Å². The first kappa shape index (κ1) is 13.8. The normalized spacial score (nSPS) is 32.3. The van der Waals surface area contributed by atoms with Crippen LogP contribution in [-0.2, 0) is 19.4 Å². The summed E-state index contributed by atoms with van der Waals surface area (Å²) in [6.45, 7) is 4.50. The number of hydrogen-bond acceptors (Lipinski definition) is 5. The van der Waals surface area contributed by atoms with E-state index in [2.05, 4.69) is 10.2 Å². The molecule has 2 rings (SSSR count). The molecule has 0 aliphatic carbocycles. The van der Waals surface area contributed by atoms with Crippen molar-refractivity contribution >= 4 is 15.7 Å². The molecule has 2 atom stereocenters. The molecule has 0 aromatic heterocycles. The Bertz CT molecular complexity index is 403. The molecule has 18 heavy (non-hydrogen) atoms. The smallest absolute Gasteiger partial charge is 0.220 e. The first-order chi connectivity index (χ1) is 8.52. The Hall–Kier alpha value is -0.660. The highest BCUT2D eigenvalue weighted by molar-refractivity contribution is 7.91. The quantitative estimate of drug-likeness (QED) is 0.716. The Labute approximate surface area is 108 Å². The fraction of sp³-hybridized carbons (Fsp3) is 0.909. The Morgan fingerprint density at radius 1 is 1.33 bits per heavy atom. The van der Waals surface area contributed by atoms with E-state index in [1.54, 1.807) is 6.92 Å². The van der Waals surface area contributed by atoms with Crippen molar-refractivity contribution in [3.8, 4) is 0 Å². The van der Waals surface area contributed by atoms with E-state index < -0.39 is 9.84 Å². The van der Waals surface area contributed by atoms with Crippen LogP contribution in [0.15, 0.2) is 0 Å². The number of carbonyl (C=O) groups excluding carboxylic acids is 1. The van der Waals surface area contributed by atoms with Gasteiger partial charge in [0.2, 0.25) is 5.91 Å². The second kappa shape index (κ2) is 5.54. The molecule has 6 nitrogen and oxygen atoms in total. The standard InChI is InChI=1S/C11H20N2O4S/c1-2-11(14)12-9-7-18(15,16)8-10(9)13-3-5-17-6-4-13/h9-10H,2-8H2,1H3,(H,12,14)/t9-,10+/m0/s1. The summed E-state index contributed by atoms with van der Waals surface area (Å²) < 4.78 is 28.8. The zero-order valence-corrected chi connectivity index (χ0v) is 11.4. The number of amides is 1. The van der Waals surface area contributed by atoms with Crippen molar-refractivity contribution in [3.63, 3.8) is 0 Å². The second-order valence-corrected chi connectivity index (χ2v) is 6.97. The number of sulfone groups is 1. The van der Waals surface area contributed by atoms with Crippen molar-refractivity contribution < 1.29 is 17.9 Å². The molecule has 7 heteroatoms. The topological polar surface area (TPSA) is 75.7 Å². The lowest BCUT2D eigenvalue weighted by molar-refractivity contribution is -0.121. The van der Waals surface area contributed by atoms with Crippen molar-refractivity contribution in [2.24, 2.45) is 0 Å². The highest BCUT2D eigenvalue weighted by Gasteiger charge is 2.41. The third-order valence-electron chi connectivity index (χ3n) is 3.50. The fourth-order valence-corrected chi connectivity index (χ4v) is 4.50. The highest BCUT2D eigenvalue weighted by atomic mass is 32.2. The van der Waals surface area contributed by atoms with Gasteiger partial charge in [-0.1, -0.05) is 6.92 Å². The summed E-state index contributed by atoms with van der Waals surface area (Å²) in [6, 6.07) is -0.380. The summed E-state index contributed by atoms with van der Waals surface area (Å²) in [6.07, 6.45) is 0.381. The van der Waals surface area contributed by atoms with Gasteiger partial charge in [-0.2, -0.15) is 0 Å². The Kier molecular flexibility index (Phi) is 4.24. The average Bonchev–Trinajstić information content (AvgIpc) is 2.65. The van der Waals surface area contributed by atoms with Gasteiger partial charge in [-0.15, -0.1) is 0 Å². The van der Waals surface area contributed by atoms with E-state index in [4.69, 9.17) is 4.74 Å². The van der Waals surface area contributed by atoms with Crippen LogP contribution in [0.25, 0.3) is 0 Å². The zero-order valence-electron chi connectivity index (χ0n) is 10.6. The minimum absolute atomic E-state index is 0.0563. The summed E-state index contributed by atoms with van der Waals surface area (Å²) in [7, 11) is -3.05. The molecular weight excluding hydrogens is 256 g/mol. The Morgan fingerprint density at radius 2 is 2.00 bits per heavy atom. The van der Waals surface area contributed by atoms with Gasteiger partial charge in [-0.25, -0.2) is 8.42 Å². The van der Waals surface area contributed by atoms with Crippen molar-refractivity contribution in [1.29, 1.82) is 0 Å². The third kappa shape index (κ3) is 3.21. The lowest BCUT2D eigenvalue weighted by Crippen LogP contribution is -2.54. The molecule has 0 bridgehead atoms. The molecule has 1 amide bonds. The number of carbonyl (C=O) groups is 1. The number of ether oxygens (including phenoxy) is 1. The molecule has 2 aliphatic heterocycles. The predicted octanol–water partition coefficient (Wildman–Crippen LogP) is -0.990. The molecule has 1 N–H and O–H groups in total. The molecule has 0 unspecified atom stereocenters. The van der Waals surface area contributed by atoms with Crippen molar-refractivity contribution in [2.45, 2.75) is 25.4 Å². The maximum atomic E-state index is 11.8. The van der Waals surface area contributed by atoms with E-state index in [9.17, 15) is 13.2 Å². The van der Waals surface area contributed by atoms with Crippen LogP contribution in [0, 0.1) is 0 Å². The van der Waals surface area contributed by atoms with Crippen LogP contribution in [0.3, 0.4) is 0 Å². The van der Waals surface area contributed by atoms with Gasteiger partial charge in [0, 0.05) is 25.6 Å². The zero-order chi connectivity index (χ0) is 13.2. The SMILES string of the molecule is CCC(=O)N[C@H]1CS(=O)(=O)C[C@H]1N1CCOCC1. The molecule has 0 spiro atoms. The van der Waals surface area contributed by atoms with Gasteiger partial charge in [0.1, 0.15) is 0 Å².